The second kappa shape index (κ2) is 3.34. The van der Waals surface area contributed by atoms with Crippen LogP contribution in [0.25, 0.3) is 0 Å². The summed E-state index contributed by atoms with van der Waals surface area (Å²) in [6, 6.07) is 0. The minimum atomic E-state index is 0.621. The monoisotopic (exact) mass is 247 g/mol. The van der Waals surface area contributed by atoms with Gasteiger partial charge in [0.15, 0.2) is 0 Å². The molecule has 0 aliphatic heterocycles. The first-order valence-corrected chi connectivity index (χ1v) is 8.31. The zero-order valence-electron chi connectivity index (χ0n) is 12.2. The highest BCUT2D eigenvalue weighted by Crippen LogP contribution is 2.87. The first-order valence-electron chi connectivity index (χ1n) is 8.31. The van der Waals surface area contributed by atoms with Gasteiger partial charge in [-0.15, -0.1) is 0 Å². The molecule has 0 bridgehead atoms. The maximum atomic E-state index is 6.25. The third-order valence-corrected chi connectivity index (χ3v) is 7.89. The number of hydrogen-bond acceptors (Lipinski definition) is 1. The normalized spacial score (nSPS) is 60.5. The highest BCUT2D eigenvalue weighted by atomic mass is 14.9. The van der Waals surface area contributed by atoms with Crippen LogP contribution in [0.5, 0.6) is 0 Å². The summed E-state index contributed by atoms with van der Waals surface area (Å²) in [5, 5.41) is 0. The lowest BCUT2D eigenvalue weighted by atomic mass is 9.50. The highest BCUT2D eigenvalue weighted by Gasteiger charge is 2.81. The Morgan fingerprint density at radius 3 is 2.56 bits per heavy atom. The molecule has 0 aromatic heterocycles. The second-order valence-electron chi connectivity index (χ2n) is 8.40. The number of fused-ring (bicyclic) bond motifs is 3. The molecule has 1 heteroatoms. The fraction of sp³-hybridized carbons (Fsp3) is 1.00. The third-order valence-electron chi connectivity index (χ3n) is 7.89. The summed E-state index contributed by atoms with van der Waals surface area (Å²) in [5.74, 6) is 3.16. The summed E-state index contributed by atoms with van der Waals surface area (Å²) < 4.78 is 0. The van der Waals surface area contributed by atoms with E-state index in [-0.39, 0.29) is 0 Å². The Balaban J connectivity index is 1.61. The molecule has 4 rings (SSSR count). The summed E-state index contributed by atoms with van der Waals surface area (Å²) in [4.78, 5) is 0. The maximum Gasteiger partial charge on any atom is -0.00123 e. The Kier molecular flexibility index (Phi) is 2.18. The molecule has 18 heavy (non-hydrogen) atoms. The van der Waals surface area contributed by atoms with Crippen LogP contribution in [-0.4, -0.2) is 6.54 Å². The zero-order valence-corrected chi connectivity index (χ0v) is 12.2. The van der Waals surface area contributed by atoms with Crippen molar-refractivity contribution in [3.63, 3.8) is 0 Å². The summed E-state index contributed by atoms with van der Waals surface area (Å²) >= 11 is 0. The smallest absolute Gasteiger partial charge is 0.00123 e. The summed E-state index contributed by atoms with van der Waals surface area (Å²) in [6.45, 7) is 5.92. The van der Waals surface area contributed by atoms with E-state index in [4.69, 9.17) is 5.73 Å². The van der Waals surface area contributed by atoms with E-state index in [1.807, 2.05) is 0 Å². The van der Waals surface area contributed by atoms with E-state index < -0.39 is 0 Å². The lowest BCUT2D eigenvalue weighted by molar-refractivity contribution is -0.0491. The van der Waals surface area contributed by atoms with Crippen LogP contribution in [0.3, 0.4) is 0 Å². The molecule has 1 nitrogen and oxygen atoms in total. The fourth-order valence-corrected chi connectivity index (χ4v) is 7.00. The van der Waals surface area contributed by atoms with Crippen molar-refractivity contribution in [2.45, 2.75) is 65.2 Å². The SMILES string of the molecule is CCCC1(C)CCC2C(C1)C1CC13CCC23CN. The molecular weight excluding hydrogens is 218 g/mol. The summed E-state index contributed by atoms with van der Waals surface area (Å²) in [7, 11) is 0. The van der Waals surface area contributed by atoms with Crippen LogP contribution < -0.4 is 5.73 Å². The van der Waals surface area contributed by atoms with Crippen LogP contribution in [0.1, 0.15) is 65.2 Å². The van der Waals surface area contributed by atoms with Gasteiger partial charge in [-0.05, 0) is 85.5 Å². The molecule has 1 spiro atoms. The van der Waals surface area contributed by atoms with E-state index in [2.05, 4.69) is 13.8 Å². The van der Waals surface area contributed by atoms with Crippen molar-refractivity contribution in [3.8, 4) is 0 Å². The average molecular weight is 247 g/mol. The van der Waals surface area contributed by atoms with Crippen molar-refractivity contribution in [1.82, 2.24) is 0 Å². The molecule has 0 saturated heterocycles. The lowest BCUT2D eigenvalue weighted by Crippen LogP contribution is -2.52. The first kappa shape index (κ1) is 11.8. The maximum absolute atomic E-state index is 6.25. The van der Waals surface area contributed by atoms with Crippen LogP contribution in [0.15, 0.2) is 0 Å². The largest absolute Gasteiger partial charge is 0.330 e. The molecule has 102 valence electrons. The molecule has 0 aromatic carbocycles. The van der Waals surface area contributed by atoms with Gasteiger partial charge in [-0.3, -0.25) is 0 Å². The molecule has 4 aliphatic rings. The van der Waals surface area contributed by atoms with Crippen molar-refractivity contribution >= 4 is 0 Å². The summed E-state index contributed by atoms with van der Waals surface area (Å²) in [5.41, 5.74) is 8.31. The minimum Gasteiger partial charge on any atom is -0.330 e. The van der Waals surface area contributed by atoms with Gasteiger partial charge in [0, 0.05) is 0 Å². The van der Waals surface area contributed by atoms with Gasteiger partial charge in [0.1, 0.15) is 0 Å². The van der Waals surface area contributed by atoms with Crippen LogP contribution in [0.2, 0.25) is 0 Å². The molecule has 4 aliphatic carbocycles. The van der Waals surface area contributed by atoms with Crippen molar-refractivity contribution in [3.05, 3.63) is 0 Å². The molecular formula is C17H29N. The van der Waals surface area contributed by atoms with Crippen molar-refractivity contribution in [2.75, 3.05) is 6.54 Å². The Morgan fingerprint density at radius 2 is 1.94 bits per heavy atom. The van der Waals surface area contributed by atoms with Gasteiger partial charge in [-0.1, -0.05) is 20.3 Å². The molecule has 4 fully saturated rings. The quantitative estimate of drug-likeness (QED) is 0.802. The standard InChI is InChI=1S/C17H29N/c1-3-5-15(2)6-4-13-12(9-15)14-10-16(14)7-8-17(13,16)11-18/h12-14H,3-11,18H2,1-2H3. The van der Waals surface area contributed by atoms with Crippen molar-refractivity contribution < 1.29 is 0 Å². The van der Waals surface area contributed by atoms with Gasteiger partial charge in [0.2, 0.25) is 0 Å². The number of rotatable bonds is 3. The van der Waals surface area contributed by atoms with Crippen LogP contribution in [0, 0.1) is 34.0 Å². The molecule has 6 atom stereocenters. The highest BCUT2D eigenvalue weighted by molar-refractivity contribution is 5.30. The van der Waals surface area contributed by atoms with Gasteiger partial charge in [-0.2, -0.15) is 0 Å². The Bertz CT molecular complexity index is 374. The predicted octanol–water partition coefficient (Wildman–Crippen LogP) is 3.97. The van der Waals surface area contributed by atoms with Crippen LogP contribution in [-0.2, 0) is 0 Å². The molecule has 4 saturated carbocycles. The summed E-state index contributed by atoms with van der Waals surface area (Å²) in [6.07, 6.45) is 11.9. The minimum absolute atomic E-state index is 0.621. The first-order chi connectivity index (χ1) is 8.61. The van der Waals surface area contributed by atoms with E-state index >= 15 is 0 Å². The van der Waals surface area contributed by atoms with Gasteiger partial charge in [-0.25, -0.2) is 0 Å². The Hall–Kier alpha value is -0.0400. The molecule has 0 aromatic rings. The molecule has 0 amide bonds. The van der Waals surface area contributed by atoms with E-state index in [0.29, 0.717) is 10.8 Å². The van der Waals surface area contributed by atoms with Gasteiger partial charge >= 0.3 is 0 Å². The molecule has 6 unspecified atom stereocenters. The molecule has 0 radical (unpaired) electrons. The lowest BCUT2D eigenvalue weighted by Gasteiger charge is -2.55. The average Bonchev–Trinajstić information content (AvgIpc) is 3.06. The van der Waals surface area contributed by atoms with E-state index in [1.165, 1.54) is 44.9 Å². The number of nitrogens with two attached hydrogens (primary N) is 1. The van der Waals surface area contributed by atoms with E-state index in [0.717, 1.165) is 29.7 Å². The Labute approximate surface area is 112 Å². The molecule has 2 N–H and O–H groups in total. The number of hydrogen-bond donors (Lipinski definition) is 1. The predicted molar refractivity (Wildman–Crippen MR) is 75.1 cm³/mol. The third kappa shape index (κ3) is 1.10. The fourth-order valence-electron chi connectivity index (χ4n) is 7.00. The van der Waals surface area contributed by atoms with Gasteiger partial charge in [0.05, 0.1) is 0 Å². The topological polar surface area (TPSA) is 26.0 Å². The molecule has 0 heterocycles. The van der Waals surface area contributed by atoms with E-state index in [9.17, 15) is 0 Å². The van der Waals surface area contributed by atoms with Crippen molar-refractivity contribution in [1.29, 1.82) is 0 Å². The Morgan fingerprint density at radius 1 is 1.11 bits per heavy atom. The van der Waals surface area contributed by atoms with Gasteiger partial charge < -0.3 is 5.73 Å². The zero-order chi connectivity index (χ0) is 12.6. The van der Waals surface area contributed by atoms with Crippen LogP contribution in [0.4, 0.5) is 0 Å². The van der Waals surface area contributed by atoms with E-state index in [1.54, 1.807) is 6.42 Å². The van der Waals surface area contributed by atoms with Crippen LogP contribution >= 0.6 is 0 Å². The second-order valence-corrected chi connectivity index (χ2v) is 8.40. The van der Waals surface area contributed by atoms with Crippen molar-refractivity contribution in [2.24, 2.45) is 39.7 Å². The van der Waals surface area contributed by atoms with Gasteiger partial charge in [0.25, 0.3) is 0 Å².